The molecule has 0 fully saturated rings. The number of ketones is 1. The molecule has 1 rings (SSSR count). The number of Topliss-reactive ketones (excluding diaryl/α,β-unsaturated/α-hetero) is 1. The van der Waals surface area contributed by atoms with Gasteiger partial charge in [-0.2, -0.15) is 8.78 Å². The third kappa shape index (κ3) is 3.77. The number of amides is 1. The Morgan fingerprint density at radius 2 is 1.89 bits per heavy atom. The molecule has 0 saturated carbocycles. The van der Waals surface area contributed by atoms with Crippen molar-refractivity contribution in [3.05, 3.63) is 29.8 Å². The van der Waals surface area contributed by atoms with Crippen LogP contribution in [0.25, 0.3) is 0 Å². The van der Waals surface area contributed by atoms with Crippen molar-refractivity contribution in [1.29, 1.82) is 0 Å². The number of halogens is 2. The van der Waals surface area contributed by atoms with Gasteiger partial charge in [-0.15, -0.1) is 0 Å². The van der Waals surface area contributed by atoms with Crippen molar-refractivity contribution in [2.24, 2.45) is 5.84 Å². The highest BCUT2D eigenvalue weighted by Gasteiger charge is 2.41. The minimum Gasteiger partial charge on any atom is -0.425 e. The molecule has 0 aliphatic carbocycles. The molecule has 5 nitrogen and oxygen atoms in total. The van der Waals surface area contributed by atoms with E-state index in [1.165, 1.54) is 36.6 Å². The highest BCUT2D eigenvalue weighted by atomic mass is 19.3. The summed E-state index contributed by atoms with van der Waals surface area (Å²) >= 11 is 0. The van der Waals surface area contributed by atoms with Gasteiger partial charge in [0.25, 0.3) is 0 Å². The number of hydrogen-bond acceptors (Lipinski definition) is 4. The van der Waals surface area contributed by atoms with Crippen LogP contribution >= 0.6 is 0 Å². The molecule has 0 spiro atoms. The smallest absolute Gasteiger partial charge is 0.425 e. The zero-order valence-corrected chi connectivity index (χ0v) is 9.57. The third-order valence-electron chi connectivity index (χ3n) is 2.02. The van der Waals surface area contributed by atoms with Crippen LogP contribution in [0.5, 0.6) is 5.75 Å². The normalized spacial score (nSPS) is 10.9. The first-order valence-electron chi connectivity index (χ1n) is 5.01. The van der Waals surface area contributed by atoms with E-state index in [0.717, 1.165) is 0 Å². The molecule has 1 amide bonds. The van der Waals surface area contributed by atoms with Gasteiger partial charge in [-0.25, -0.2) is 5.84 Å². The molecule has 18 heavy (non-hydrogen) atoms. The standard InChI is InChI=1S/C11H12F2N2O3/c1-7(16)6-8-2-4-9(5-3-8)18-11(12,13)10(17)15-14/h2-5H,6,14H2,1H3,(H,15,17). The molecule has 0 saturated heterocycles. The van der Waals surface area contributed by atoms with Crippen molar-refractivity contribution < 1.29 is 23.1 Å². The SMILES string of the molecule is CC(=O)Cc1ccc(OC(F)(F)C(=O)NN)cc1. The highest BCUT2D eigenvalue weighted by Crippen LogP contribution is 2.22. The predicted octanol–water partition coefficient (Wildman–Crippen LogP) is 0.780. The van der Waals surface area contributed by atoms with E-state index in [-0.39, 0.29) is 18.0 Å². The van der Waals surface area contributed by atoms with Gasteiger partial charge in [-0.3, -0.25) is 15.0 Å². The lowest BCUT2D eigenvalue weighted by Gasteiger charge is -2.15. The van der Waals surface area contributed by atoms with E-state index in [1.54, 1.807) is 0 Å². The summed E-state index contributed by atoms with van der Waals surface area (Å²) < 4.78 is 30.3. The second-order valence-electron chi connectivity index (χ2n) is 3.62. The Bertz CT molecular complexity index is 446. The van der Waals surface area contributed by atoms with E-state index < -0.39 is 12.0 Å². The van der Waals surface area contributed by atoms with Crippen molar-refractivity contribution in [2.75, 3.05) is 0 Å². The minimum atomic E-state index is -4.04. The van der Waals surface area contributed by atoms with E-state index in [4.69, 9.17) is 0 Å². The molecule has 0 aromatic heterocycles. The van der Waals surface area contributed by atoms with Gasteiger partial charge in [0.15, 0.2) is 0 Å². The van der Waals surface area contributed by atoms with E-state index in [1.807, 2.05) is 0 Å². The van der Waals surface area contributed by atoms with E-state index >= 15 is 0 Å². The van der Waals surface area contributed by atoms with Crippen LogP contribution in [0.3, 0.4) is 0 Å². The topological polar surface area (TPSA) is 81.4 Å². The molecule has 0 bridgehead atoms. The van der Waals surface area contributed by atoms with Crippen LogP contribution in [0.2, 0.25) is 0 Å². The van der Waals surface area contributed by atoms with Gasteiger partial charge >= 0.3 is 12.0 Å². The summed E-state index contributed by atoms with van der Waals surface area (Å²) in [5.74, 6) is 2.61. The first-order chi connectivity index (χ1) is 8.35. The maximum Gasteiger partial charge on any atom is 0.483 e. The molecule has 0 aliphatic rings. The average Bonchev–Trinajstić information content (AvgIpc) is 2.29. The van der Waals surface area contributed by atoms with Crippen molar-refractivity contribution in [3.8, 4) is 5.75 Å². The van der Waals surface area contributed by atoms with Crippen molar-refractivity contribution in [3.63, 3.8) is 0 Å². The van der Waals surface area contributed by atoms with Crippen LogP contribution in [0.15, 0.2) is 24.3 Å². The molecule has 1 aromatic rings. The van der Waals surface area contributed by atoms with Crippen LogP contribution in [0, 0.1) is 0 Å². The summed E-state index contributed by atoms with van der Waals surface area (Å²) in [5.41, 5.74) is 1.97. The quantitative estimate of drug-likeness (QED) is 0.464. The van der Waals surface area contributed by atoms with Crippen LogP contribution in [0.4, 0.5) is 8.78 Å². The lowest BCUT2D eigenvalue weighted by molar-refractivity contribution is -0.192. The first kappa shape index (κ1) is 14.0. The Labute approximate surface area is 102 Å². The number of nitrogens with one attached hydrogen (secondary N) is 1. The summed E-state index contributed by atoms with van der Waals surface area (Å²) in [6.07, 6.45) is -3.84. The number of rotatable bonds is 5. The third-order valence-corrected chi connectivity index (χ3v) is 2.02. The largest absolute Gasteiger partial charge is 0.483 e. The van der Waals surface area contributed by atoms with Gasteiger partial charge in [0, 0.05) is 6.42 Å². The molecule has 7 heteroatoms. The molecule has 98 valence electrons. The number of ether oxygens (including phenoxy) is 1. The molecular weight excluding hydrogens is 246 g/mol. The summed E-state index contributed by atoms with van der Waals surface area (Å²) in [6.45, 7) is 1.42. The summed E-state index contributed by atoms with van der Waals surface area (Å²) in [5, 5.41) is 0. The number of benzene rings is 1. The van der Waals surface area contributed by atoms with E-state index in [0.29, 0.717) is 5.56 Å². The van der Waals surface area contributed by atoms with Crippen LogP contribution in [-0.4, -0.2) is 17.8 Å². The number of hydrogen-bond donors (Lipinski definition) is 2. The maximum absolute atomic E-state index is 13.0. The molecule has 0 aliphatic heterocycles. The van der Waals surface area contributed by atoms with Crippen LogP contribution in [0.1, 0.15) is 12.5 Å². The Morgan fingerprint density at radius 3 is 2.33 bits per heavy atom. The zero-order valence-electron chi connectivity index (χ0n) is 9.57. The lowest BCUT2D eigenvalue weighted by Crippen LogP contribution is -2.47. The second kappa shape index (κ2) is 5.54. The fourth-order valence-corrected chi connectivity index (χ4v) is 1.24. The van der Waals surface area contributed by atoms with E-state index in [9.17, 15) is 18.4 Å². The highest BCUT2D eigenvalue weighted by molar-refractivity contribution is 5.81. The van der Waals surface area contributed by atoms with Gasteiger partial charge < -0.3 is 4.74 Å². The van der Waals surface area contributed by atoms with E-state index in [2.05, 4.69) is 10.6 Å². The molecule has 0 radical (unpaired) electrons. The fourth-order valence-electron chi connectivity index (χ4n) is 1.24. The Morgan fingerprint density at radius 1 is 1.33 bits per heavy atom. The number of carbonyl (C=O) groups excluding carboxylic acids is 2. The zero-order chi connectivity index (χ0) is 13.8. The van der Waals surface area contributed by atoms with Crippen molar-refractivity contribution in [2.45, 2.75) is 19.5 Å². The number of carbonyl (C=O) groups is 2. The fraction of sp³-hybridized carbons (Fsp3) is 0.273. The average molecular weight is 258 g/mol. The lowest BCUT2D eigenvalue weighted by atomic mass is 10.1. The predicted molar refractivity (Wildman–Crippen MR) is 58.7 cm³/mol. The molecule has 0 heterocycles. The van der Waals surface area contributed by atoms with Crippen molar-refractivity contribution in [1.82, 2.24) is 5.43 Å². The Kier molecular flexibility index (Phi) is 4.33. The molecule has 0 atom stereocenters. The summed E-state index contributed by atoms with van der Waals surface area (Å²) in [6, 6.07) is 5.42. The Balaban J connectivity index is 2.74. The number of alkyl halides is 2. The minimum absolute atomic E-state index is 0.0449. The number of nitrogens with two attached hydrogens (primary N) is 1. The van der Waals surface area contributed by atoms with Crippen LogP contribution < -0.4 is 16.0 Å². The monoisotopic (exact) mass is 258 g/mol. The molecule has 1 aromatic carbocycles. The van der Waals surface area contributed by atoms with Crippen LogP contribution in [-0.2, 0) is 16.0 Å². The molecular formula is C11H12F2N2O3. The van der Waals surface area contributed by atoms with Gasteiger partial charge in [0.1, 0.15) is 11.5 Å². The van der Waals surface area contributed by atoms with Gasteiger partial charge in [-0.1, -0.05) is 12.1 Å². The summed E-state index contributed by atoms with van der Waals surface area (Å²) in [7, 11) is 0. The number of hydrazine groups is 1. The Hall–Kier alpha value is -2.02. The first-order valence-corrected chi connectivity index (χ1v) is 5.01. The second-order valence-corrected chi connectivity index (χ2v) is 3.62. The maximum atomic E-state index is 13.0. The van der Waals surface area contributed by atoms with Crippen molar-refractivity contribution >= 4 is 11.7 Å². The van der Waals surface area contributed by atoms with Gasteiger partial charge in [-0.05, 0) is 24.6 Å². The summed E-state index contributed by atoms with van der Waals surface area (Å²) in [4.78, 5) is 21.5. The van der Waals surface area contributed by atoms with Gasteiger partial charge in [0.05, 0.1) is 0 Å². The molecule has 3 N–H and O–H groups in total. The molecule has 0 unspecified atom stereocenters. The van der Waals surface area contributed by atoms with Gasteiger partial charge in [0.2, 0.25) is 0 Å².